The van der Waals surface area contributed by atoms with Crippen molar-refractivity contribution in [1.29, 1.82) is 0 Å². The predicted octanol–water partition coefficient (Wildman–Crippen LogP) is 1.44. The lowest BCUT2D eigenvalue weighted by atomic mass is 9.44. The molecule has 3 fully saturated rings. The van der Waals surface area contributed by atoms with Crippen LogP contribution in [0.4, 0.5) is 4.39 Å². The summed E-state index contributed by atoms with van der Waals surface area (Å²) < 4.78 is 21.8. The van der Waals surface area contributed by atoms with Crippen LogP contribution in [-0.2, 0) is 19.1 Å². The largest absolute Gasteiger partial charge is 0.456 e. The molecule has 3 saturated carbocycles. The molecule has 7 nitrogen and oxygen atoms in total. The van der Waals surface area contributed by atoms with Crippen molar-refractivity contribution >= 4 is 17.5 Å². The van der Waals surface area contributed by atoms with Gasteiger partial charge in [-0.15, -0.1) is 0 Å². The molecular formula is C24H31FO7. The molecule has 4 rings (SSSR count). The molecule has 0 radical (unpaired) electrons. The van der Waals surface area contributed by atoms with E-state index in [-0.39, 0.29) is 12.2 Å². The van der Waals surface area contributed by atoms with Crippen LogP contribution in [0.3, 0.4) is 0 Å². The number of hydrogen-bond donors (Lipinski definition) is 3. The van der Waals surface area contributed by atoms with E-state index in [0.717, 1.165) is 0 Å². The normalized spacial score (nSPS) is 47.2. The topological polar surface area (TPSA) is 121 Å². The summed E-state index contributed by atoms with van der Waals surface area (Å²) in [5.41, 5.74) is -5.56. The van der Waals surface area contributed by atoms with Crippen molar-refractivity contribution in [3.05, 3.63) is 23.8 Å². The Morgan fingerprint density at radius 3 is 2.62 bits per heavy atom. The summed E-state index contributed by atoms with van der Waals surface area (Å²) >= 11 is 0. The number of carbonyl (C=O) groups excluding carboxylic acids is 3. The zero-order chi connectivity index (χ0) is 23.7. The molecule has 0 aromatic heterocycles. The lowest BCUT2D eigenvalue weighted by Crippen LogP contribution is -2.69. The van der Waals surface area contributed by atoms with E-state index in [1.165, 1.54) is 12.2 Å². The number of esters is 1. The average Bonchev–Trinajstić information content (AvgIpc) is 2.94. The van der Waals surface area contributed by atoms with E-state index in [0.29, 0.717) is 24.8 Å². The first-order valence-corrected chi connectivity index (χ1v) is 11.2. The fourth-order valence-corrected chi connectivity index (χ4v) is 7.44. The smallest absolute Gasteiger partial charge is 0.332 e. The number of Topliss-reactive ketones (excluding diaryl/α,β-unsaturated/α-hetero) is 1. The van der Waals surface area contributed by atoms with E-state index in [1.54, 1.807) is 26.8 Å². The van der Waals surface area contributed by atoms with Crippen molar-refractivity contribution in [1.82, 2.24) is 0 Å². The standard InChI is InChI=1S/C24H31FO7/c1-13-8-17-16-5-4-14-9-15(27)6-7-21(14,2)23(16,25)18(28)10-22(17,3)24(13,31)19(29)12-32-20(30)11-26/h6-7,9,13,16-18,26,28,31H,4-5,8,10-12H2,1-3H3/t13-,16+,17+,18+,21+,22+,23+,24+/m1/s1. The van der Waals surface area contributed by atoms with E-state index in [9.17, 15) is 24.6 Å². The summed E-state index contributed by atoms with van der Waals surface area (Å²) in [6.45, 7) is 3.57. The molecular weight excluding hydrogens is 419 g/mol. The highest BCUT2D eigenvalue weighted by atomic mass is 19.1. The zero-order valence-corrected chi connectivity index (χ0v) is 18.6. The molecule has 4 aliphatic rings. The lowest BCUT2D eigenvalue weighted by molar-refractivity contribution is -0.220. The van der Waals surface area contributed by atoms with Gasteiger partial charge in [-0.25, -0.2) is 9.18 Å². The van der Waals surface area contributed by atoms with Crippen LogP contribution in [0.25, 0.3) is 0 Å². The molecule has 0 saturated heterocycles. The molecule has 176 valence electrons. The van der Waals surface area contributed by atoms with Crippen molar-refractivity contribution in [2.45, 2.75) is 63.8 Å². The number of hydrogen-bond acceptors (Lipinski definition) is 7. The first kappa shape index (κ1) is 23.3. The molecule has 0 aromatic carbocycles. The number of carbonyl (C=O) groups is 3. The molecule has 32 heavy (non-hydrogen) atoms. The number of halogens is 1. The number of alkyl halides is 1. The molecule has 3 N–H and O–H groups in total. The molecule has 0 heterocycles. The van der Waals surface area contributed by atoms with Crippen molar-refractivity contribution in [2.24, 2.45) is 28.6 Å². The van der Waals surface area contributed by atoms with Gasteiger partial charge in [0.05, 0.1) is 6.10 Å². The number of fused-ring (bicyclic) bond motifs is 5. The van der Waals surface area contributed by atoms with Crippen LogP contribution in [0, 0.1) is 28.6 Å². The second kappa shape index (κ2) is 7.30. The number of aliphatic hydroxyl groups excluding tert-OH is 2. The Morgan fingerprint density at radius 2 is 1.97 bits per heavy atom. The highest BCUT2D eigenvalue weighted by Gasteiger charge is 2.75. The molecule has 8 atom stereocenters. The first-order chi connectivity index (χ1) is 14.9. The second-order valence-corrected chi connectivity index (χ2v) is 10.4. The predicted molar refractivity (Wildman–Crippen MR) is 111 cm³/mol. The molecule has 8 heteroatoms. The third kappa shape index (κ3) is 2.72. The minimum absolute atomic E-state index is 0.143. The van der Waals surface area contributed by atoms with Crippen LogP contribution in [0.2, 0.25) is 0 Å². The van der Waals surface area contributed by atoms with Gasteiger partial charge in [0.15, 0.2) is 18.1 Å². The van der Waals surface area contributed by atoms with Crippen LogP contribution in [0.5, 0.6) is 0 Å². The number of allylic oxidation sites excluding steroid dienone is 4. The van der Waals surface area contributed by atoms with Crippen LogP contribution < -0.4 is 0 Å². The van der Waals surface area contributed by atoms with Gasteiger partial charge in [-0.05, 0) is 56.6 Å². The van der Waals surface area contributed by atoms with Crippen molar-refractivity contribution in [3.63, 3.8) is 0 Å². The molecule has 0 aliphatic heterocycles. The Bertz CT molecular complexity index is 927. The summed E-state index contributed by atoms with van der Waals surface area (Å²) in [4.78, 5) is 36.3. The summed E-state index contributed by atoms with van der Waals surface area (Å²) in [6.07, 6.45) is 4.04. The highest BCUT2D eigenvalue weighted by molar-refractivity contribution is 6.01. The van der Waals surface area contributed by atoms with E-state index in [2.05, 4.69) is 0 Å². The lowest BCUT2D eigenvalue weighted by Gasteiger charge is -2.62. The highest BCUT2D eigenvalue weighted by Crippen LogP contribution is 2.70. The van der Waals surface area contributed by atoms with Crippen LogP contribution >= 0.6 is 0 Å². The number of rotatable bonds is 4. The Balaban J connectivity index is 1.73. The number of ketones is 2. The van der Waals surface area contributed by atoms with E-state index >= 15 is 4.39 Å². The fraction of sp³-hybridized carbons (Fsp3) is 0.708. The van der Waals surface area contributed by atoms with Crippen molar-refractivity contribution in [3.8, 4) is 0 Å². The van der Waals surface area contributed by atoms with Gasteiger partial charge in [0, 0.05) is 16.7 Å². The van der Waals surface area contributed by atoms with Gasteiger partial charge in [0.1, 0.15) is 12.2 Å². The van der Waals surface area contributed by atoms with Crippen LogP contribution in [0.1, 0.15) is 46.5 Å². The molecule has 0 unspecified atom stereocenters. The Hall–Kier alpha value is -1.90. The van der Waals surface area contributed by atoms with Gasteiger partial charge in [0.2, 0.25) is 5.78 Å². The van der Waals surface area contributed by atoms with E-state index < -0.39 is 70.9 Å². The second-order valence-electron chi connectivity index (χ2n) is 10.4. The summed E-state index contributed by atoms with van der Waals surface area (Å²) in [6, 6.07) is 0. The molecule has 0 spiro atoms. The van der Waals surface area contributed by atoms with Crippen LogP contribution in [0.15, 0.2) is 23.8 Å². The molecule has 0 amide bonds. The summed E-state index contributed by atoms with van der Waals surface area (Å²) in [7, 11) is 0. The quantitative estimate of drug-likeness (QED) is 0.554. The maximum absolute atomic E-state index is 17.0. The molecule has 0 bridgehead atoms. The fourth-order valence-electron chi connectivity index (χ4n) is 7.44. The maximum atomic E-state index is 17.0. The summed E-state index contributed by atoms with van der Waals surface area (Å²) in [5.74, 6) is -3.43. The third-order valence-electron chi connectivity index (χ3n) is 9.14. The summed E-state index contributed by atoms with van der Waals surface area (Å²) in [5, 5.41) is 31.8. The number of aliphatic hydroxyl groups is 3. The van der Waals surface area contributed by atoms with Gasteiger partial charge in [0.25, 0.3) is 0 Å². The number of ether oxygens (including phenoxy) is 1. The van der Waals surface area contributed by atoms with Crippen molar-refractivity contribution < 1.29 is 38.8 Å². The van der Waals surface area contributed by atoms with Gasteiger partial charge < -0.3 is 20.1 Å². The van der Waals surface area contributed by atoms with Crippen molar-refractivity contribution in [2.75, 3.05) is 13.2 Å². The Kier molecular flexibility index (Phi) is 5.31. The van der Waals surface area contributed by atoms with Gasteiger partial charge in [-0.3, -0.25) is 9.59 Å². The maximum Gasteiger partial charge on any atom is 0.332 e. The molecule has 0 aromatic rings. The van der Waals surface area contributed by atoms with Gasteiger partial charge in [-0.1, -0.05) is 25.5 Å². The Morgan fingerprint density at radius 1 is 1.28 bits per heavy atom. The average molecular weight is 451 g/mol. The van der Waals surface area contributed by atoms with Crippen LogP contribution in [-0.4, -0.2) is 63.4 Å². The van der Waals surface area contributed by atoms with E-state index in [1.807, 2.05) is 0 Å². The minimum atomic E-state index is -2.05. The SMILES string of the molecule is C[C@@H]1C[C@H]2[C@@H]3CCC4=CC(=O)C=C[C@]4(C)[C@@]3(F)[C@@H](O)C[C@]2(C)[C@@]1(O)C(=O)COC(=O)CO. The third-order valence-corrected chi connectivity index (χ3v) is 9.14. The monoisotopic (exact) mass is 450 g/mol. The van der Waals surface area contributed by atoms with Gasteiger partial charge >= 0.3 is 5.97 Å². The first-order valence-electron chi connectivity index (χ1n) is 11.2. The molecule has 4 aliphatic carbocycles. The van der Waals surface area contributed by atoms with Gasteiger partial charge in [-0.2, -0.15) is 0 Å². The zero-order valence-electron chi connectivity index (χ0n) is 18.6. The van der Waals surface area contributed by atoms with E-state index in [4.69, 9.17) is 9.84 Å². The minimum Gasteiger partial charge on any atom is -0.456 e. The Labute approximate surface area is 186 Å².